The van der Waals surface area contributed by atoms with E-state index < -0.39 is 5.91 Å². The molecule has 0 fully saturated rings. The van der Waals surface area contributed by atoms with Crippen molar-refractivity contribution in [2.45, 2.75) is 19.8 Å². The van der Waals surface area contributed by atoms with E-state index in [2.05, 4.69) is 5.32 Å². The average molecular weight is 249 g/mol. The summed E-state index contributed by atoms with van der Waals surface area (Å²) in [5.41, 5.74) is 12.0. The van der Waals surface area contributed by atoms with Gasteiger partial charge in [-0.1, -0.05) is 25.1 Å². The summed E-state index contributed by atoms with van der Waals surface area (Å²) in [5.74, 6) is -0.398. The second-order valence-corrected chi connectivity index (χ2v) is 4.39. The second kappa shape index (κ2) is 6.76. The lowest BCUT2D eigenvalue weighted by Crippen LogP contribution is -2.21. The highest BCUT2D eigenvalue weighted by molar-refractivity contribution is 5.92. The minimum atomic E-state index is -0.424. The minimum Gasteiger partial charge on any atom is -0.369 e. The average Bonchev–Trinajstić information content (AvgIpc) is 2.30. The molecule has 5 N–H and O–H groups in total. The van der Waals surface area contributed by atoms with Crippen LogP contribution in [0.1, 0.15) is 18.9 Å². The quantitative estimate of drug-likeness (QED) is 0.690. The number of anilines is 1. The van der Waals surface area contributed by atoms with Crippen molar-refractivity contribution in [3.63, 3.8) is 0 Å². The normalized spacial score (nSPS) is 11.9. The zero-order valence-corrected chi connectivity index (χ0v) is 10.5. The zero-order chi connectivity index (χ0) is 13.5. The van der Waals surface area contributed by atoms with Gasteiger partial charge in [0.1, 0.15) is 0 Å². The number of carbonyl (C=O) groups excluding carboxylic acids is 2. The van der Waals surface area contributed by atoms with Crippen LogP contribution in [0.4, 0.5) is 5.69 Å². The highest BCUT2D eigenvalue weighted by Gasteiger charge is 2.10. The van der Waals surface area contributed by atoms with Gasteiger partial charge in [0.15, 0.2) is 0 Å². The summed E-state index contributed by atoms with van der Waals surface area (Å²) in [6, 6.07) is 7.12. The maximum Gasteiger partial charge on any atom is 0.224 e. The highest BCUT2D eigenvalue weighted by Crippen LogP contribution is 2.16. The zero-order valence-electron chi connectivity index (χ0n) is 10.5. The number of benzene rings is 1. The molecule has 0 heterocycles. The summed E-state index contributed by atoms with van der Waals surface area (Å²) < 4.78 is 0. The van der Waals surface area contributed by atoms with Gasteiger partial charge in [-0.2, -0.15) is 0 Å². The molecule has 0 aliphatic rings. The summed E-state index contributed by atoms with van der Waals surface area (Å²) in [6.45, 7) is 2.38. The lowest BCUT2D eigenvalue weighted by molar-refractivity contribution is -0.118. The van der Waals surface area contributed by atoms with Gasteiger partial charge in [0.2, 0.25) is 11.8 Å². The van der Waals surface area contributed by atoms with Gasteiger partial charge >= 0.3 is 0 Å². The fourth-order valence-corrected chi connectivity index (χ4v) is 1.59. The van der Waals surface area contributed by atoms with E-state index in [0.717, 1.165) is 5.56 Å². The van der Waals surface area contributed by atoms with Crippen LogP contribution in [0.5, 0.6) is 0 Å². The first-order chi connectivity index (χ1) is 8.52. The molecule has 18 heavy (non-hydrogen) atoms. The Morgan fingerprint density at radius 3 is 2.61 bits per heavy atom. The van der Waals surface area contributed by atoms with Crippen LogP contribution in [0.2, 0.25) is 0 Å². The van der Waals surface area contributed by atoms with Crippen molar-refractivity contribution in [3.8, 4) is 0 Å². The maximum absolute atomic E-state index is 11.7. The molecule has 0 aliphatic heterocycles. The first-order valence-corrected chi connectivity index (χ1v) is 5.89. The molecule has 5 heteroatoms. The molecule has 5 nitrogen and oxygen atoms in total. The maximum atomic E-state index is 11.7. The molecule has 0 saturated heterocycles. The number of hydrogen-bond acceptors (Lipinski definition) is 3. The van der Waals surface area contributed by atoms with Crippen molar-refractivity contribution >= 4 is 17.5 Å². The Bertz CT molecular complexity index is 432. The molecule has 1 rings (SSSR count). The summed E-state index contributed by atoms with van der Waals surface area (Å²) in [6.07, 6.45) is 0.476. The Labute approximate surface area is 107 Å². The van der Waals surface area contributed by atoms with Crippen LogP contribution in [0.25, 0.3) is 0 Å². The number of para-hydroxylation sites is 1. The van der Waals surface area contributed by atoms with Crippen LogP contribution in [-0.2, 0) is 16.0 Å². The Balaban J connectivity index is 2.71. The SMILES string of the molecule is CC(CN)CC(=O)Nc1ccccc1CC(N)=O. The fourth-order valence-electron chi connectivity index (χ4n) is 1.59. The van der Waals surface area contributed by atoms with Crippen molar-refractivity contribution in [1.82, 2.24) is 0 Å². The van der Waals surface area contributed by atoms with E-state index >= 15 is 0 Å². The predicted octanol–water partition coefficient (Wildman–Crippen LogP) is 0.638. The number of carbonyl (C=O) groups is 2. The molecule has 0 bridgehead atoms. The third-order valence-corrected chi connectivity index (χ3v) is 2.59. The predicted molar refractivity (Wildman–Crippen MR) is 70.8 cm³/mol. The third-order valence-electron chi connectivity index (χ3n) is 2.59. The molecule has 98 valence electrons. The Morgan fingerprint density at radius 1 is 1.33 bits per heavy atom. The molecular weight excluding hydrogens is 230 g/mol. The van der Waals surface area contributed by atoms with E-state index in [-0.39, 0.29) is 18.2 Å². The van der Waals surface area contributed by atoms with E-state index in [1.807, 2.05) is 6.92 Å². The standard InChI is InChI=1S/C13H19N3O2/c1-9(8-14)6-13(18)16-11-5-3-2-4-10(11)7-12(15)17/h2-5,9H,6-8,14H2,1H3,(H2,15,17)(H,16,18). The van der Waals surface area contributed by atoms with Crippen LogP contribution in [0.3, 0.4) is 0 Å². The van der Waals surface area contributed by atoms with Crippen molar-refractivity contribution in [3.05, 3.63) is 29.8 Å². The summed E-state index contributed by atoms with van der Waals surface area (Å²) in [4.78, 5) is 22.7. The van der Waals surface area contributed by atoms with Crippen LogP contribution >= 0.6 is 0 Å². The number of rotatable bonds is 6. The van der Waals surface area contributed by atoms with Crippen molar-refractivity contribution in [2.24, 2.45) is 17.4 Å². The van der Waals surface area contributed by atoms with E-state index in [0.29, 0.717) is 18.7 Å². The van der Waals surface area contributed by atoms with Crippen molar-refractivity contribution in [2.75, 3.05) is 11.9 Å². The third kappa shape index (κ3) is 4.55. The summed E-state index contributed by atoms with van der Waals surface area (Å²) >= 11 is 0. The molecule has 0 radical (unpaired) electrons. The van der Waals surface area contributed by atoms with Crippen LogP contribution in [-0.4, -0.2) is 18.4 Å². The molecule has 0 spiro atoms. The van der Waals surface area contributed by atoms with Gasteiger partial charge in [0.05, 0.1) is 6.42 Å². The summed E-state index contributed by atoms with van der Waals surface area (Å²) in [5, 5.41) is 2.78. The first-order valence-electron chi connectivity index (χ1n) is 5.89. The van der Waals surface area contributed by atoms with Gasteiger partial charge in [0.25, 0.3) is 0 Å². The van der Waals surface area contributed by atoms with Gasteiger partial charge in [-0.05, 0) is 24.1 Å². The van der Waals surface area contributed by atoms with E-state index in [1.165, 1.54) is 0 Å². The number of hydrogen-bond donors (Lipinski definition) is 3. The number of nitrogens with one attached hydrogen (secondary N) is 1. The van der Waals surface area contributed by atoms with Crippen molar-refractivity contribution in [1.29, 1.82) is 0 Å². The largest absolute Gasteiger partial charge is 0.369 e. The van der Waals surface area contributed by atoms with Gasteiger partial charge < -0.3 is 16.8 Å². The molecule has 1 aromatic rings. The molecular formula is C13H19N3O2. The Hall–Kier alpha value is -1.88. The highest BCUT2D eigenvalue weighted by atomic mass is 16.2. The smallest absolute Gasteiger partial charge is 0.224 e. The van der Waals surface area contributed by atoms with Crippen molar-refractivity contribution < 1.29 is 9.59 Å². The van der Waals surface area contributed by atoms with Gasteiger partial charge in [-0.25, -0.2) is 0 Å². The Kier molecular flexibility index (Phi) is 5.32. The molecule has 1 aromatic carbocycles. The number of primary amides is 1. The molecule has 1 atom stereocenters. The lowest BCUT2D eigenvalue weighted by atomic mass is 10.1. The second-order valence-electron chi connectivity index (χ2n) is 4.39. The van der Waals surface area contributed by atoms with Gasteiger partial charge in [-0.15, -0.1) is 0 Å². The van der Waals surface area contributed by atoms with E-state index in [4.69, 9.17) is 11.5 Å². The van der Waals surface area contributed by atoms with Crippen LogP contribution < -0.4 is 16.8 Å². The monoisotopic (exact) mass is 249 g/mol. The number of amides is 2. The molecule has 2 amide bonds. The molecule has 0 saturated carbocycles. The van der Waals surface area contributed by atoms with Gasteiger partial charge in [0, 0.05) is 12.1 Å². The fraction of sp³-hybridized carbons (Fsp3) is 0.385. The molecule has 0 aromatic heterocycles. The van der Waals surface area contributed by atoms with E-state index in [9.17, 15) is 9.59 Å². The topological polar surface area (TPSA) is 98.2 Å². The minimum absolute atomic E-state index is 0.107. The molecule has 0 aliphatic carbocycles. The van der Waals surface area contributed by atoms with Crippen LogP contribution in [0, 0.1) is 5.92 Å². The summed E-state index contributed by atoms with van der Waals surface area (Å²) in [7, 11) is 0. The van der Waals surface area contributed by atoms with Crippen LogP contribution in [0.15, 0.2) is 24.3 Å². The first kappa shape index (κ1) is 14.2. The van der Waals surface area contributed by atoms with E-state index in [1.54, 1.807) is 24.3 Å². The van der Waals surface area contributed by atoms with Gasteiger partial charge in [-0.3, -0.25) is 9.59 Å². The Morgan fingerprint density at radius 2 is 2.00 bits per heavy atom. The lowest BCUT2D eigenvalue weighted by Gasteiger charge is -2.12. The number of nitrogens with two attached hydrogens (primary N) is 2. The molecule has 1 unspecified atom stereocenters.